The lowest BCUT2D eigenvalue weighted by atomic mass is 9.81. The molecular formula is C92H72N2. The van der Waals surface area contributed by atoms with E-state index in [9.17, 15) is 0 Å². The quantitative estimate of drug-likeness (QED) is 0.114. The van der Waals surface area contributed by atoms with E-state index in [1.54, 1.807) is 0 Å². The predicted molar refractivity (Wildman–Crippen MR) is 398 cm³/mol. The van der Waals surface area contributed by atoms with Crippen molar-refractivity contribution in [2.24, 2.45) is 0 Å². The van der Waals surface area contributed by atoms with Crippen molar-refractivity contribution >= 4 is 34.1 Å². The van der Waals surface area contributed by atoms with E-state index >= 15 is 0 Å². The van der Waals surface area contributed by atoms with Crippen molar-refractivity contribution in [1.29, 1.82) is 0 Å². The fraction of sp³-hybridized carbons (Fsp3) is 0.0870. The van der Waals surface area contributed by atoms with Crippen molar-refractivity contribution in [3.63, 3.8) is 0 Å². The normalized spacial score (nSPS) is 13.0. The third-order valence-electron chi connectivity index (χ3n) is 20.1. The standard InChI is InChI=1S/C92H72N2/c1-61-55-71(45-53-87(61)93(75-47-39-65(40-48-75)69-29-21-27-67(57-69)63-23-9-7-10-24-63)89-37-19-15-31-77(89)73-43-51-81-79-33-13-17-35-83(79)91(3,4)85(81)59-73)72-46-54-88(62(2)56-72)94(76-49-41-66(42-50-76)70-30-22-28-68(58-70)64-25-11-8-12-26-64)90-38-20-16-32-78(90)74-44-52-82-80-34-14-18-36-84(80)92(5,6)86(82)60-74/h7-60H,1-6H3. The van der Waals surface area contributed by atoms with Gasteiger partial charge >= 0.3 is 0 Å². The van der Waals surface area contributed by atoms with Gasteiger partial charge < -0.3 is 9.80 Å². The SMILES string of the molecule is Cc1cc(-c2ccc(N(c3ccc(-c4cccc(-c5ccccc5)c4)cc3)c3ccccc3-c3ccc4c(c3)C(C)(C)c3ccccc3-4)c(C)c2)ccc1N(c1ccc(-c2cccc(-c3ccccc3)c2)cc1)c1ccccc1-c1ccc2c(c1)C(C)(C)c1ccccc1-2. The maximum absolute atomic E-state index is 2.47. The van der Waals surface area contributed by atoms with Gasteiger partial charge in [-0.05, 0) is 221 Å². The molecule has 14 aromatic rings. The van der Waals surface area contributed by atoms with Crippen LogP contribution in [0.1, 0.15) is 61.1 Å². The zero-order chi connectivity index (χ0) is 63.7. The molecule has 0 bridgehead atoms. The van der Waals surface area contributed by atoms with E-state index in [-0.39, 0.29) is 10.8 Å². The molecule has 450 valence electrons. The molecule has 16 rings (SSSR count). The Morgan fingerprint density at radius 1 is 0.191 bits per heavy atom. The lowest BCUT2D eigenvalue weighted by molar-refractivity contribution is 0.660. The van der Waals surface area contributed by atoms with Crippen molar-refractivity contribution in [3.8, 4) is 100 Å². The number of rotatable bonds is 13. The van der Waals surface area contributed by atoms with Gasteiger partial charge in [-0.25, -0.2) is 0 Å². The highest BCUT2D eigenvalue weighted by atomic mass is 15.2. The number of para-hydroxylation sites is 2. The summed E-state index contributed by atoms with van der Waals surface area (Å²) in [5.41, 5.74) is 36.1. The summed E-state index contributed by atoms with van der Waals surface area (Å²) in [5, 5.41) is 0. The minimum absolute atomic E-state index is 0.132. The number of benzene rings is 14. The van der Waals surface area contributed by atoms with Crippen LogP contribution in [0, 0.1) is 13.8 Å². The Hall–Kier alpha value is -11.3. The number of aryl methyl sites for hydroxylation is 2. The maximum Gasteiger partial charge on any atom is 0.0540 e. The first kappa shape index (κ1) is 57.8. The van der Waals surface area contributed by atoms with Crippen LogP contribution in [-0.2, 0) is 10.8 Å². The van der Waals surface area contributed by atoms with Crippen molar-refractivity contribution in [3.05, 3.63) is 361 Å². The van der Waals surface area contributed by atoms with Crippen molar-refractivity contribution in [1.82, 2.24) is 0 Å². The monoisotopic (exact) mass is 1200 g/mol. The summed E-state index contributed by atoms with van der Waals surface area (Å²) >= 11 is 0. The van der Waals surface area contributed by atoms with Crippen LogP contribution in [0.4, 0.5) is 34.1 Å². The van der Waals surface area contributed by atoms with Crippen LogP contribution in [-0.4, -0.2) is 0 Å². The topological polar surface area (TPSA) is 6.48 Å². The minimum Gasteiger partial charge on any atom is -0.310 e. The molecule has 0 saturated carbocycles. The molecule has 2 heteroatoms. The van der Waals surface area contributed by atoms with Crippen LogP contribution in [0.3, 0.4) is 0 Å². The van der Waals surface area contributed by atoms with E-state index in [2.05, 4.69) is 379 Å². The molecule has 0 heterocycles. The van der Waals surface area contributed by atoms with E-state index in [1.807, 2.05) is 0 Å². The van der Waals surface area contributed by atoms with Gasteiger partial charge in [-0.15, -0.1) is 0 Å². The molecule has 14 aromatic carbocycles. The van der Waals surface area contributed by atoms with Gasteiger partial charge in [0.05, 0.1) is 11.4 Å². The molecule has 0 aromatic heterocycles. The second-order valence-corrected chi connectivity index (χ2v) is 26.6. The molecular weight excluding hydrogens is 1130 g/mol. The second kappa shape index (κ2) is 23.4. The zero-order valence-corrected chi connectivity index (χ0v) is 54.1. The molecule has 0 saturated heterocycles. The molecule has 2 aliphatic rings. The van der Waals surface area contributed by atoms with Gasteiger partial charge in [0, 0.05) is 44.7 Å². The van der Waals surface area contributed by atoms with Gasteiger partial charge in [0.15, 0.2) is 0 Å². The highest BCUT2D eigenvalue weighted by molar-refractivity contribution is 5.95. The molecule has 0 unspecified atom stereocenters. The van der Waals surface area contributed by atoms with Gasteiger partial charge in [-0.1, -0.05) is 270 Å². The Kier molecular flexibility index (Phi) is 14.4. The van der Waals surface area contributed by atoms with Crippen LogP contribution in [0.25, 0.3) is 100 Å². The number of nitrogens with zero attached hydrogens (tertiary/aromatic N) is 2. The van der Waals surface area contributed by atoms with E-state index in [1.165, 1.54) is 122 Å². The lowest BCUT2D eigenvalue weighted by Gasteiger charge is -2.30. The van der Waals surface area contributed by atoms with Crippen LogP contribution >= 0.6 is 0 Å². The molecule has 2 aliphatic carbocycles. The number of hydrogen-bond acceptors (Lipinski definition) is 2. The van der Waals surface area contributed by atoms with E-state index in [0.717, 1.165) is 45.3 Å². The Balaban J connectivity index is 0.786. The van der Waals surface area contributed by atoms with Crippen LogP contribution in [0.2, 0.25) is 0 Å². The molecule has 0 spiro atoms. The minimum atomic E-state index is -0.132. The molecule has 0 atom stereocenters. The van der Waals surface area contributed by atoms with Gasteiger partial charge in [-0.2, -0.15) is 0 Å². The first-order valence-electron chi connectivity index (χ1n) is 33.0. The third kappa shape index (κ3) is 10.1. The van der Waals surface area contributed by atoms with Crippen LogP contribution in [0.15, 0.2) is 328 Å². The maximum atomic E-state index is 2.47. The van der Waals surface area contributed by atoms with Crippen molar-refractivity contribution in [2.45, 2.75) is 52.4 Å². The average Bonchev–Trinajstić information content (AvgIpc) is 1.53. The zero-order valence-electron chi connectivity index (χ0n) is 54.1. The molecule has 0 amide bonds. The summed E-state index contributed by atoms with van der Waals surface area (Å²) in [6, 6.07) is 121. The largest absolute Gasteiger partial charge is 0.310 e. The summed E-state index contributed by atoms with van der Waals surface area (Å²) < 4.78 is 0. The highest BCUT2D eigenvalue weighted by Gasteiger charge is 2.37. The molecule has 2 nitrogen and oxygen atoms in total. The Morgan fingerprint density at radius 3 is 0.862 bits per heavy atom. The number of anilines is 6. The third-order valence-corrected chi connectivity index (χ3v) is 20.1. The molecule has 0 radical (unpaired) electrons. The number of fused-ring (bicyclic) bond motifs is 6. The fourth-order valence-corrected chi connectivity index (χ4v) is 15.2. The average molecular weight is 1210 g/mol. The predicted octanol–water partition coefficient (Wildman–Crippen LogP) is 25.5. The first-order valence-corrected chi connectivity index (χ1v) is 33.0. The molecule has 0 N–H and O–H groups in total. The van der Waals surface area contributed by atoms with Gasteiger partial charge in [0.1, 0.15) is 0 Å². The first-order chi connectivity index (χ1) is 45.9. The van der Waals surface area contributed by atoms with Gasteiger partial charge in [0.2, 0.25) is 0 Å². The van der Waals surface area contributed by atoms with Gasteiger partial charge in [-0.3, -0.25) is 0 Å². The Morgan fingerprint density at radius 2 is 0.479 bits per heavy atom. The Labute approximate surface area is 554 Å². The molecule has 94 heavy (non-hydrogen) atoms. The van der Waals surface area contributed by atoms with Crippen LogP contribution in [0.5, 0.6) is 0 Å². The summed E-state index contributed by atoms with van der Waals surface area (Å²) in [7, 11) is 0. The highest BCUT2D eigenvalue weighted by Crippen LogP contribution is 2.54. The van der Waals surface area contributed by atoms with Crippen LogP contribution < -0.4 is 9.80 Å². The van der Waals surface area contributed by atoms with Crippen molar-refractivity contribution < 1.29 is 0 Å². The van der Waals surface area contributed by atoms with E-state index in [0.29, 0.717) is 0 Å². The van der Waals surface area contributed by atoms with Gasteiger partial charge in [0.25, 0.3) is 0 Å². The summed E-state index contributed by atoms with van der Waals surface area (Å²) in [6.07, 6.45) is 0. The Bertz CT molecular complexity index is 4880. The summed E-state index contributed by atoms with van der Waals surface area (Å²) in [6.45, 7) is 14.0. The van der Waals surface area contributed by atoms with E-state index < -0.39 is 0 Å². The second-order valence-electron chi connectivity index (χ2n) is 26.6. The molecule has 0 fully saturated rings. The summed E-state index contributed by atoms with van der Waals surface area (Å²) in [5.74, 6) is 0. The number of hydrogen-bond donors (Lipinski definition) is 0. The summed E-state index contributed by atoms with van der Waals surface area (Å²) in [4.78, 5) is 4.95. The lowest BCUT2D eigenvalue weighted by Crippen LogP contribution is -2.15. The van der Waals surface area contributed by atoms with Crippen molar-refractivity contribution in [2.75, 3.05) is 9.80 Å². The smallest absolute Gasteiger partial charge is 0.0540 e. The fourth-order valence-electron chi connectivity index (χ4n) is 15.2. The van der Waals surface area contributed by atoms with E-state index in [4.69, 9.17) is 0 Å². The molecule has 0 aliphatic heterocycles.